The monoisotopic (exact) mass is 185 g/mol. The summed E-state index contributed by atoms with van der Waals surface area (Å²) < 4.78 is 7.48. The van der Waals surface area contributed by atoms with Crippen molar-refractivity contribution in [3.8, 4) is 0 Å². The van der Waals surface area contributed by atoms with E-state index in [0.29, 0.717) is 0 Å². The lowest BCUT2D eigenvalue weighted by Gasteiger charge is -2.31. The van der Waals surface area contributed by atoms with Gasteiger partial charge in [0, 0.05) is 0 Å². The molecular formula is C8H20AlN3. The first-order valence-electron chi connectivity index (χ1n) is 4.70. The summed E-state index contributed by atoms with van der Waals surface area (Å²) in [4.78, 5) is 0. The van der Waals surface area contributed by atoms with E-state index in [1.165, 1.54) is 25.9 Å². The van der Waals surface area contributed by atoms with Crippen LogP contribution in [0.25, 0.3) is 0 Å². The fourth-order valence-corrected chi connectivity index (χ4v) is 5.14. The topological polar surface area (TPSA) is 9.72 Å². The van der Waals surface area contributed by atoms with Crippen molar-refractivity contribution in [1.82, 2.24) is 11.7 Å². The van der Waals surface area contributed by atoms with Gasteiger partial charge in [-0.3, -0.25) is 0 Å². The quantitative estimate of drug-likeness (QED) is 0.581. The summed E-state index contributed by atoms with van der Waals surface area (Å²) in [5.74, 6) is 0. The van der Waals surface area contributed by atoms with Crippen LogP contribution in [0.3, 0.4) is 0 Å². The maximum absolute atomic E-state index is 2.67. The lowest BCUT2D eigenvalue weighted by atomic mass is 10.4. The number of hydrogen-bond acceptors (Lipinski definition) is 3. The third-order valence-electron chi connectivity index (χ3n) is 2.39. The molecule has 1 rings (SSSR count). The Balaban J connectivity index is 2.52. The lowest BCUT2D eigenvalue weighted by Crippen LogP contribution is -2.57. The first-order valence-corrected chi connectivity index (χ1v) is 6.25. The molecule has 4 heteroatoms. The molecule has 1 heterocycles. The molecule has 12 heavy (non-hydrogen) atoms. The van der Waals surface area contributed by atoms with Crippen LogP contribution in [0.5, 0.6) is 0 Å². The molecule has 1 saturated heterocycles. The largest absolute Gasteiger partial charge is 0.608 e. The van der Waals surface area contributed by atoms with Crippen molar-refractivity contribution in [2.75, 3.05) is 41.3 Å². The van der Waals surface area contributed by atoms with E-state index in [2.05, 4.69) is 39.8 Å². The average Bonchev–Trinajstić information content (AvgIpc) is 2.37. The van der Waals surface area contributed by atoms with Crippen molar-refractivity contribution in [2.45, 2.75) is 12.8 Å². The minimum absolute atomic E-state index is 0.933. The fourth-order valence-electron chi connectivity index (χ4n) is 2.09. The summed E-state index contributed by atoms with van der Waals surface area (Å²) in [7, 11) is 8.81. The van der Waals surface area contributed by atoms with Gasteiger partial charge < -0.3 is 11.7 Å². The predicted molar refractivity (Wildman–Crippen MR) is 53.9 cm³/mol. The zero-order valence-corrected chi connectivity index (χ0v) is 9.90. The molecule has 1 aliphatic rings. The minimum atomic E-state index is -0.933. The van der Waals surface area contributed by atoms with Gasteiger partial charge in [-0.2, -0.15) is 0 Å². The van der Waals surface area contributed by atoms with Crippen LogP contribution in [0.1, 0.15) is 12.8 Å². The minimum Gasteiger partial charge on any atom is -0.362 e. The summed E-state index contributed by atoms with van der Waals surface area (Å²) in [6.07, 6.45) is 2.79. The fraction of sp³-hybridized carbons (Fsp3) is 1.00. The summed E-state index contributed by atoms with van der Waals surface area (Å²) in [6, 6.07) is 0. The molecule has 1 aliphatic heterocycles. The molecular weight excluding hydrogens is 165 g/mol. The molecule has 1 fully saturated rings. The summed E-state index contributed by atoms with van der Waals surface area (Å²) in [6.45, 7) is 2.63. The Kier molecular flexibility index (Phi) is 4.02. The van der Waals surface area contributed by atoms with E-state index in [0.717, 1.165) is 0 Å². The van der Waals surface area contributed by atoms with E-state index in [1.807, 2.05) is 0 Å². The maximum Gasteiger partial charge on any atom is 0.608 e. The van der Waals surface area contributed by atoms with Crippen LogP contribution in [0.4, 0.5) is 0 Å². The van der Waals surface area contributed by atoms with E-state index >= 15 is 0 Å². The molecule has 0 saturated carbocycles. The van der Waals surface area contributed by atoms with E-state index < -0.39 is 14.8 Å². The first-order chi connectivity index (χ1) is 5.63. The Bertz CT molecular complexity index is 124. The van der Waals surface area contributed by atoms with Crippen LogP contribution in [0, 0.1) is 0 Å². The van der Waals surface area contributed by atoms with Crippen LogP contribution in [0.2, 0.25) is 0 Å². The Labute approximate surface area is 81.0 Å². The summed E-state index contributed by atoms with van der Waals surface area (Å²) in [5.41, 5.74) is 0. The van der Waals surface area contributed by atoms with Gasteiger partial charge in [-0.1, -0.05) is 0 Å². The number of rotatable bonds is 3. The van der Waals surface area contributed by atoms with Gasteiger partial charge in [-0.15, -0.1) is 0 Å². The Morgan fingerprint density at radius 3 is 1.67 bits per heavy atom. The van der Waals surface area contributed by atoms with Crippen molar-refractivity contribution < 1.29 is 0 Å². The summed E-state index contributed by atoms with van der Waals surface area (Å²) in [5, 5.41) is 0. The molecule has 0 spiro atoms. The first kappa shape index (κ1) is 10.5. The Hall–Kier alpha value is 0.412. The van der Waals surface area contributed by atoms with Crippen molar-refractivity contribution >= 4 is 14.8 Å². The van der Waals surface area contributed by atoms with Gasteiger partial charge in [0.1, 0.15) is 0 Å². The van der Waals surface area contributed by atoms with Crippen LogP contribution < -0.4 is 0 Å². The van der Waals surface area contributed by atoms with Crippen LogP contribution >= 0.6 is 0 Å². The van der Waals surface area contributed by atoms with Gasteiger partial charge in [-0.05, 0) is 54.1 Å². The van der Waals surface area contributed by atoms with Crippen molar-refractivity contribution in [3.05, 3.63) is 0 Å². The highest BCUT2D eigenvalue weighted by Gasteiger charge is 2.35. The van der Waals surface area contributed by atoms with Gasteiger partial charge in [0.05, 0.1) is 0 Å². The molecule has 0 aromatic heterocycles. The van der Waals surface area contributed by atoms with Crippen molar-refractivity contribution in [1.29, 1.82) is 0 Å². The van der Waals surface area contributed by atoms with Crippen LogP contribution in [-0.2, 0) is 0 Å². The third kappa shape index (κ3) is 2.45. The summed E-state index contributed by atoms with van der Waals surface area (Å²) >= 11 is -0.933. The van der Waals surface area contributed by atoms with Gasteiger partial charge in [0.2, 0.25) is 0 Å². The highest BCUT2D eigenvalue weighted by atomic mass is 27.2. The highest BCUT2D eigenvalue weighted by Crippen LogP contribution is 2.11. The molecule has 0 radical (unpaired) electrons. The van der Waals surface area contributed by atoms with E-state index in [-0.39, 0.29) is 0 Å². The molecule has 70 valence electrons. The van der Waals surface area contributed by atoms with Crippen LogP contribution in [-0.4, -0.2) is 67.7 Å². The molecule has 0 amide bonds. The van der Waals surface area contributed by atoms with E-state index in [4.69, 9.17) is 0 Å². The van der Waals surface area contributed by atoms with Crippen molar-refractivity contribution in [2.24, 2.45) is 0 Å². The Morgan fingerprint density at radius 2 is 1.33 bits per heavy atom. The molecule has 0 aromatic rings. The van der Waals surface area contributed by atoms with Crippen molar-refractivity contribution in [3.63, 3.8) is 0 Å². The number of hydrogen-bond donors (Lipinski definition) is 0. The second-order valence-corrected chi connectivity index (χ2v) is 7.51. The molecule has 0 bridgehead atoms. The van der Waals surface area contributed by atoms with Gasteiger partial charge in [-0.25, -0.2) is 0 Å². The normalized spacial score (nSPS) is 19.5. The standard InChI is InChI=1S/C4H8N.2C2H6N.Al/c1-2-4-5-3-1;2*1-3-2;/h1-4H2;2*1-2H3;/q3*-1;+3. The molecule has 0 aliphatic carbocycles. The predicted octanol–water partition coefficient (Wildman–Crippen LogP) is 0.190. The third-order valence-corrected chi connectivity index (χ3v) is 5.41. The van der Waals surface area contributed by atoms with Gasteiger partial charge >= 0.3 is 14.8 Å². The molecule has 0 aromatic carbocycles. The zero-order chi connectivity index (χ0) is 9.14. The zero-order valence-electron chi connectivity index (χ0n) is 8.75. The number of nitrogens with zero attached hydrogens (tertiary/aromatic N) is 3. The molecule has 0 atom stereocenters. The molecule has 0 N–H and O–H groups in total. The Morgan fingerprint density at radius 1 is 0.917 bits per heavy atom. The van der Waals surface area contributed by atoms with E-state index in [1.54, 1.807) is 0 Å². The van der Waals surface area contributed by atoms with Crippen LogP contribution in [0.15, 0.2) is 0 Å². The SMILES string of the molecule is C[N](C)[Al]([N](C)C)[N]1CCCC1. The maximum atomic E-state index is 2.67. The highest BCUT2D eigenvalue weighted by molar-refractivity contribution is 6.49. The molecule has 3 nitrogen and oxygen atoms in total. The second kappa shape index (κ2) is 4.59. The smallest absolute Gasteiger partial charge is 0.362 e. The van der Waals surface area contributed by atoms with E-state index in [9.17, 15) is 0 Å². The lowest BCUT2D eigenvalue weighted by molar-refractivity contribution is 0.385. The second-order valence-electron chi connectivity index (χ2n) is 4.02. The van der Waals surface area contributed by atoms with Gasteiger partial charge in [0.25, 0.3) is 0 Å². The average molecular weight is 185 g/mol. The molecule has 0 unspecified atom stereocenters. The van der Waals surface area contributed by atoms with Gasteiger partial charge in [0.15, 0.2) is 0 Å².